The van der Waals surface area contributed by atoms with Crippen molar-refractivity contribution >= 4 is 32.8 Å². The number of alkyl halides is 1. The van der Waals surface area contributed by atoms with E-state index in [2.05, 4.69) is 22.9 Å². The van der Waals surface area contributed by atoms with Crippen LogP contribution in [-0.4, -0.2) is 16.2 Å². The molecular weight excluding hydrogens is 212 g/mol. The second kappa shape index (κ2) is 6.23. The van der Waals surface area contributed by atoms with Crippen LogP contribution in [0.4, 0.5) is 0 Å². The molecule has 0 saturated heterocycles. The van der Waals surface area contributed by atoms with Crippen LogP contribution in [0.25, 0.3) is 0 Å². The maximum Gasteiger partial charge on any atom is 0.202 e. The van der Waals surface area contributed by atoms with Crippen LogP contribution >= 0.6 is 27.7 Å². The van der Waals surface area contributed by atoms with E-state index in [1.165, 1.54) is 11.8 Å². The Balaban J connectivity index is 3.41. The SMILES string of the molecule is CCCCC(Br)C(=O)SC. The first kappa shape index (κ1) is 10.5. The molecule has 60 valence electrons. The lowest BCUT2D eigenvalue weighted by Gasteiger charge is -2.03. The monoisotopic (exact) mass is 224 g/mol. The molecule has 1 atom stereocenters. The first-order chi connectivity index (χ1) is 4.72. The maximum atomic E-state index is 10.9. The summed E-state index contributed by atoms with van der Waals surface area (Å²) in [4.78, 5) is 11.0. The number of halogens is 1. The van der Waals surface area contributed by atoms with Crippen LogP contribution in [0.5, 0.6) is 0 Å². The fraction of sp³-hybridized carbons (Fsp3) is 0.857. The smallest absolute Gasteiger partial charge is 0.202 e. The second-order valence-corrected chi connectivity index (χ2v) is 4.05. The fourth-order valence-electron chi connectivity index (χ4n) is 0.629. The number of unbranched alkanes of at least 4 members (excludes halogenated alkanes) is 1. The highest BCUT2D eigenvalue weighted by molar-refractivity contribution is 9.10. The van der Waals surface area contributed by atoms with Crippen LogP contribution in [0.15, 0.2) is 0 Å². The van der Waals surface area contributed by atoms with E-state index < -0.39 is 0 Å². The number of carbonyl (C=O) groups is 1. The number of hydrogen-bond donors (Lipinski definition) is 0. The predicted octanol–water partition coefficient (Wildman–Crippen LogP) is 2.83. The molecule has 0 aromatic heterocycles. The van der Waals surface area contributed by atoms with E-state index in [1.807, 2.05) is 6.26 Å². The van der Waals surface area contributed by atoms with Gasteiger partial charge in [-0.1, -0.05) is 47.5 Å². The molecule has 0 aromatic rings. The molecule has 0 saturated carbocycles. The highest BCUT2D eigenvalue weighted by Crippen LogP contribution is 2.15. The van der Waals surface area contributed by atoms with Crippen molar-refractivity contribution in [1.29, 1.82) is 0 Å². The number of carbonyl (C=O) groups excluding carboxylic acids is 1. The Hall–Kier alpha value is 0.500. The van der Waals surface area contributed by atoms with Crippen LogP contribution in [0.2, 0.25) is 0 Å². The molecule has 1 nitrogen and oxygen atoms in total. The summed E-state index contributed by atoms with van der Waals surface area (Å²) in [5.74, 6) is 0. The van der Waals surface area contributed by atoms with E-state index in [4.69, 9.17) is 0 Å². The lowest BCUT2D eigenvalue weighted by Crippen LogP contribution is -2.08. The molecule has 0 N–H and O–H groups in total. The average Bonchev–Trinajstić information content (AvgIpc) is 1.98. The average molecular weight is 225 g/mol. The van der Waals surface area contributed by atoms with Crippen LogP contribution in [0, 0.1) is 0 Å². The molecule has 0 radical (unpaired) electrons. The van der Waals surface area contributed by atoms with Crippen LogP contribution < -0.4 is 0 Å². The minimum atomic E-state index is 0.0717. The minimum Gasteiger partial charge on any atom is -0.286 e. The highest BCUT2D eigenvalue weighted by atomic mass is 79.9. The van der Waals surface area contributed by atoms with E-state index in [0.29, 0.717) is 0 Å². The van der Waals surface area contributed by atoms with E-state index >= 15 is 0 Å². The summed E-state index contributed by atoms with van der Waals surface area (Å²) in [6, 6.07) is 0. The zero-order chi connectivity index (χ0) is 7.98. The van der Waals surface area contributed by atoms with Crippen molar-refractivity contribution in [2.24, 2.45) is 0 Å². The molecule has 0 aliphatic carbocycles. The van der Waals surface area contributed by atoms with E-state index in [0.717, 1.165) is 19.3 Å². The Labute approximate surface area is 75.1 Å². The van der Waals surface area contributed by atoms with E-state index in [1.54, 1.807) is 0 Å². The zero-order valence-corrected chi connectivity index (χ0v) is 8.80. The number of rotatable bonds is 4. The van der Waals surface area contributed by atoms with Gasteiger partial charge in [0.25, 0.3) is 0 Å². The quantitative estimate of drug-likeness (QED) is 0.684. The molecule has 0 spiro atoms. The van der Waals surface area contributed by atoms with Gasteiger partial charge in [0.15, 0.2) is 0 Å². The standard InChI is InChI=1S/C7H13BrOS/c1-3-4-5-6(8)7(9)10-2/h6H,3-5H2,1-2H3. The van der Waals surface area contributed by atoms with Crippen LogP contribution in [0.3, 0.4) is 0 Å². The van der Waals surface area contributed by atoms with Gasteiger partial charge in [-0.15, -0.1) is 0 Å². The van der Waals surface area contributed by atoms with Crippen molar-refractivity contribution in [1.82, 2.24) is 0 Å². The molecule has 1 unspecified atom stereocenters. The zero-order valence-electron chi connectivity index (χ0n) is 6.39. The summed E-state index contributed by atoms with van der Waals surface area (Å²) in [5.41, 5.74) is 0. The van der Waals surface area contributed by atoms with Crippen LogP contribution in [-0.2, 0) is 4.79 Å². The molecule has 10 heavy (non-hydrogen) atoms. The number of thioether (sulfide) groups is 1. The molecule has 0 aliphatic rings. The minimum absolute atomic E-state index is 0.0717. The molecule has 0 aromatic carbocycles. The molecule has 0 rings (SSSR count). The van der Waals surface area contributed by atoms with Gasteiger partial charge in [0.1, 0.15) is 0 Å². The van der Waals surface area contributed by atoms with Gasteiger partial charge in [0.2, 0.25) is 5.12 Å². The third-order valence-electron chi connectivity index (χ3n) is 1.27. The highest BCUT2D eigenvalue weighted by Gasteiger charge is 2.11. The topological polar surface area (TPSA) is 17.1 Å². The van der Waals surface area contributed by atoms with Gasteiger partial charge in [0.05, 0.1) is 4.83 Å². The van der Waals surface area contributed by atoms with Gasteiger partial charge >= 0.3 is 0 Å². The van der Waals surface area contributed by atoms with Gasteiger partial charge < -0.3 is 0 Å². The lowest BCUT2D eigenvalue weighted by atomic mass is 10.2. The normalized spacial score (nSPS) is 13.1. The maximum absolute atomic E-state index is 10.9. The van der Waals surface area contributed by atoms with E-state index in [9.17, 15) is 4.79 Å². The van der Waals surface area contributed by atoms with Crippen LogP contribution in [0.1, 0.15) is 26.2 Å². The molecule has 0 amide bonds. The molecule has 0 heterocycles. The van der Waals surface area contributed by atoms with Crippen molar-refractivity contribution in [2.45, 2.75) is 31.0 Å². The lowest BCUT2D eigenvalue weighted by molar-refractivity contribution is -0.110. The Morgan fingerprint density at radius 3 is 2.70 bits per heavy atom. The van der Waals surface area contributed by atoms with Crippen molar-refractivity contribution in [3.8, 4) is 0 Å². The molecule has 0 bridgehead atoms. The van der Waals surface area contributed by atoms with Crippen molar-refractivity contribution in [2.75, 3.05) is 6.26 Å². The summed E-state index contributed by atoms with van der Waals surface area (Å²) >= 11 is 4.63. The molecule has 3 heteroatoms. The Kier molecular flexibility index (Phi) is 6.54. The van der Waals surface area contributed by atoms with Gasteiger partial charge in [0, 0.05) is 0 Å². The summed E-state index contributed by atoms with van der Waals surface area (Å²) in [6.45, 7) is 2.13. The van der Waals surface area contributed by atoms with Gasteiger partial charge in [-0.25, -0.2) is 0 Å². The Morgan fingerprint density at radius 2 is 2.30 bits per heavy atom. The molecule has 0 fully saturated rings. The number of hydrogen-bond acceptors (Lipinski definition) is 2. The Bertz CT molecular complexity index is 106. The molecule has 0 aliphatic heterocycles. The van der Waals surface area contributed by atoms with Gasteiger partial charge in [-0.05, 0) is 12.7 Å². The largest absolute Gasteiger partial charge is 0.286 e. The third-order valence-corrected chi connectivity index (χ3v) is 3.13. The van der Waals surface area contributed by atoms with Gasteiger partial charge in [-0.2, -0.15) is 0 Å². The predicted molar refractivity (Wildman–Crippen MR) is 50.8 cm³/mol. The fourth-order valence-corrected chi connectivity index (χ4v) is 1.89. The summed E-state index contributed by atoms with van der Waals surface area (Å²) < 4.78 is 0. The molecular formula is C7H13BrOS. The van der Waals surface area contributed by atoms with Crippen molar-refractivity contribution in [3.05, 3.63) is 0 Å². The second-order valence-electron chi connectivity index (χ2n) is 2.13. The first-order valence-corrected chi connectivity index (χ1v) is 5.58. The Morgan fingerprint density at radius 1 is 1.70 bits per heavy atom. The van der Waals surface area contributed by atoms with Crippen molar-refractivity contribution in [3.63, 3.8) is 0 Å². The third kappa shape index (κ3) is 4.34. The summed E-state index contributed by atoms with van der Waals surface area (Å²) in [7, 11) is 0. The summed E-state index contributed by atoms with van der Waals surface area (Å²) in [6.07, 6.45) is 5.07. The van der Waals surface area contributed by atoms with Crippen molar-refractivity contribution < 1.29 is 4.79 Å². The summed E-state index contributed by atoms with van der Waals surface area (Å²) in [5, 5.41) is 0.244. The first-order valence-electron chi connectivity index (χ1n) is 3.44. The van der Waals surface area contributed by atoms with E-state index in [-0.39, 0.29) is 9.94 Å². The van der Waals surface area contributed by atoms with Gasteiger partial charge in [-0.3, -0.25) is 4.79 Å².